The lowest BCUT2D eigenvalue weighted by Crippen LogP contribution is -2.25. The van der Waals surface area contributed by atoms with Crippen molar-refractivity contribution < 1.29 is 0 Å². The Morgan fingerprint density at radius 2 is 0.886 bits per heavy atom. The molecule has 0 saturated heterocycles. The first kappa shape index (κ1) is 22.8. The summed E-state index contributed by atoms with van der Waals surface area (Å²) in [7, 11) is 0. The van der Waals surface area contributed by atoms with Crippen LogP contribution in [0.2, 0.25) is 0 Å². The van der Waals surface area contributed by atoms with Gasteiger partial charge in [-0.2, -0.15) is 0 Å². The number of fused-ring (bicyclic) bond motifs is 3. The Labute approximate surface area is 210 Å². The highest BCUT2D eigenvalue weighted by Crippen LogP contribution is 2.54. The molecule has 170 valence electrons. The van der Waals surface area contributed by atoms with Crippen LogP contribution < -0.4 is 0 Å². The van der Waals surface area contributed by atoms with Gasteiger partial charge in [0.05, 0.1) is 0 Å². The first-order valence-corrected chi connectivity index (χ1v) is 12.7. The van der Waals surface area contributed by atoms with E-state index in [0.29, 0.717) is 0 Å². The van der Waals surface area contributed by atoms with Gasteiger partial charge in [0.25, 0.3) is 0 Å². The van der Waals surface area contributed by atoms with Crippen molar-refractivity contribution in [2.24, 2.45) is 0 Å². The van der Waals surface area contributed by atoms with Gasteiger partial charge in [-0.25, -0.2) is 0 Å². The largest absolute Gasteiger partial charge is 0.0653 e. The Kier molecular flexibility index (Phi) is 6.57. The second-order valence-electron chi connectivity index (χ2n) is 9.33. The van der Waals surface area contributed by atoms with Gasteiger partial charge in [-0.3, -0.25) is 0 Å². The summed E-state index contributed by atoms with van der Waals surface area (Å²) in [6.45, 7) is 4.60. The maximum atomic E-state index is 3.42. The topological polar surface area (TPSA) is 0 Å². The van der Waals surface area contributed by atoms with Crippen LogP contribution in [-0.2, 0) is 5.41 Å². The smallest absolute Gasteiger partial charge is 0.0252 e. The van der Waals surface area contributed by atoms with Crippen molar-refractivity contribution in [1.82, 2.24) is 0 Å². The van der Waals surface area contributed by atoms with Crippen molar-refractivity contribution in [2.75, 3.05) is 0 Å². The van der Waals surface area contributed by atoms with Crippen molar-refractivity contribution in [3.05, 3.63) is 130 Å². The lowest BCUT2D eigenvalue weighted by Gasteiger charge is -2.32. The zero-order valence-electron chi connectivity index (χ0n) is 20.6. The van der Waals surface area contributed by atoms with E-state index in [1.807, 2.05) is 36.4 Å². The molecule has 0 bridgehead atoms. The molecule has 4 aromatic carbocycles. The molecule has 1 aliphatic carbocycles. The van der Waals surface area contributed by atoms with E-state index in [2.05, 4.69) is 98.2 Å². The van der Waals surface area contributed by atoms with E-state index < -0.39 is 0 Å². The molecule has 0 heteroatoms. The molecule has 0 aromatic heterocycles. The summed E-state index contributed by atoms with van der Waals surface area (Å²) < 4.78 is 0. The summed E-state index contributed by atoms with van der Waals surface area (Å²) in [5, 5.41) is 0. The number of benzene rings is 4. The van der Waals surface area contributed by atoms with Crippen molar-refractivity contribution in [3.8, 4) is 34.8 Å². The van der Waals surface area contributed by atoms with Gasteiger partial charge in [-0.05, 0) is 83.6 Å². The second-order valence-corrected chi connectivity index (χ2v) is 9.33. The molecule has 5 rings (SSSR count). The molecule has 0 fully saturated rings. The second kappa shape index (κ2) is 10.1. The predicted octanol–water partition coefficient (Wildman–Crippen LogP) is 8.35. The average molecular weight is 451 g/mol. The molecular formula is C35H30. The van der Waals surface area contributed by atoms with Crippen molar-refractivity contribution in [2.45, 2.75) is 44.9 Å². The molecule has 4 aromatic rings. The maximum absolute atomic E-state index is 3.42. The standard InChI is InChI=1S/C35H30/c1-3-23-35(24-4-2)33-25-29(17-15-27-11-7-5-8-12-27)19-21-31(33)32-22-20-30(26-34(32)35)18-16-28-13-9-6-10-14-28/h5-14,19-22,25-26H,3-4,23-24H2,1-2H3. The fraction of sp³-hybridized carbons (Fsp3) is 0.200. The molecular weight excluding hydrogens is 420 g/mol. The third kappa shape index (κ3) is 4.54. The zero-order chi connectivity index (χ0) is 24.1. The molecule has 1 aliphatic rings. The molecule has 0 atom stereocenters. The van der Waals surface area contributed by atoms with E-state index >= 15 is 0 Å². The SMILES string of the molecule is CCCC1(CCC)c2cc(C#Cc3ccccc3)ccc2-c2ccc(C#Cc3ccccc3)cc21. The van der Waals surface area contributed by atoms with Crippen LogP contribution >= 0.6 is 0 Å². The number of hydrogen-bond acceptors (Lipinski definition) is 0. The Morgan fingerprint density at radius 3 is 1.29 bits per heavy atom. The molecule has 0 amide bonds. The average Bonchev–Trinajstić information content (AvgIpc) is 3.16. The summed E-state index contributed by atoms with van der Waals surface area (Å²) in [6, 6.07) is 34.1. The fourth-order valence-corrected chi connectivity index (χ4v) is 5.50. The predicted molar refractivity (Wildman–Crippen MR) is 147 cm³/mol. The molecule has 0 nitrogen and oxygen atoms in total. The molecule has 0 heterocycles. The molecule has 0 saturated carbocycles. The highest BCUT2D eigenvalue weighted by atomic mass is 14.4. The summed E-state index contributed by atoms with van der Waals surface area (Å²) in [6.07, 6.45) is 4.54. The van der Waals surface area contributed by atoms with E-state index in [1.165, 1.54) is 22.3 Å². The minimum atomic E-state index is 0.0169. The van der Waals surface area contributed by atoms with Gasteiger partial charge in [0, 0.05) is 27.7 Å². The van der Waals surface area contributed by atoms with E-state index in [-0.39, 0.29) is 5.41 Å². The van der Waals surface area contributed by atoms with E-state index in [4.69, 9.17) is 0 Å². The minimum absolute atomic E-state index is 0.0169. The van der Waals surface area contributed by atoms with Crippen LogP contribution in [0.4, 0.5) is 0 Å². The third-order valence-electron chi connectivity index (χ3n) is 6.96. The first-order valence-electron chi connectivity index (χ1n) is 12.7. The summed E-state index contributed by atoms with van der Waals surface area (Å²) in [5.41, 5.74) is 9.86. The zero-order valence-corrected chi connectivity index (χ0v) is 20.6. The Balaban J connectivity index is 1.60. The van der Waals surface area contributed by atoms with Crippen LogP contribution in [0.25, 0.3) is 11.1 Å². The van der Waals surface area contributed by atoms with Gasteiger partial charge in [-0.1, -0.05) is 98.9 Å². The number of rotatable bonds is 4. The third-order valence-corrected chi connectivity index (χ3v) is 6.96. The van der Waals surface area contributed by atoms with E-state index in [0.717, 1.165) is 47.9 Å². The monoisotopic (exact) mass is 450 g/mol. The van der Waals surface area contributed by atoms with E-state index in [1.54, 1.807) is 0 Å². The van der Waals surface area contributed by atoms with Gasteiger partial charge in [0.1, 0.15) is 0 Å². The van der Waals surface area contributed by atoms with Crippen LogP contribution in [0.1, 0.15) is 72.9 Å². The molecule has 35 heavy (non-hydrogen) atoms. The highest BCUT2D eigenvalue weighted by molar-refractivity contribution is 5.82. The van der Waals surface area contributed by atoms with Gasteiger partial charge in [0.15, 0.2) is 0 Å². The van der Waals surface area contributed by atoms with Crippen LogP contribution in [0.3, 0.4) is 0 Å². The molecule has 0 spiro atoms. The van der Waals surface area contributed by atoms with Gasteiger partial charge < -0.3 is 0 Å². The summed E-state index contributed by atoms with van der Waals surface area (Å²) in [5.74, 6) is 13.5. The van der Waals surface area contributed by atoms with Crippen LogP contribution in [0, 0.1) is 23.7 Å². The molecule has 0 radical (unpaired) electrons. The summed E-state index contributed by atoms with van der Waals surface area (Å²) in [4.78, 5) is 0. The van der Waals surface area contributed by atoms with Crippen molar-refractivity contribution in [1.29, 1.82) is 0 Å². The lowest BCUT2D eigenvalue weighted by atomic mass is 9.71. The van der Waals surface area contributed by atoms with Gasteiger partial charge in [-0.15, -0.1) is 0 Å². The van der Waals surface area contributed by atoms with Crippen molar-refractivity contribution in [3.63, 3.8) is 0 Å². The Hall–Kier alpha value is -4.00. The fourth-order valence-electron chi connectivity index (χ4n) is 5.50. The first-order chi connectivity index (χ1) is 17.2. The van der Waals surface area contributed by atoms with E-state index in [9.17, 15) is 0 Å². The normalized spacial score (nSPS) is 12.5. The lowest BCUT2D eigenvalue weighted by molar-refractivity contribution is 0.435. The molecule has 0 N–H and O–H groups in total. The number of hydrogen-bond donors (Lipinski definition) is 0. The molecule has 0 aliphatic heterocycles. The minimum Gasteiger partial charge on any atom is -0.0653 e. The quantitative estimate of drug-likeness (QED) is 0.274. The molecule has 0 unspecified atom stereocenters. The highest BCUT2D eigenvalue weighted by Gasteiger charge is 2.41. The Morgan fingerprint density at radius 1 is 0.486 bits per heavy atom. The maximum Gasteiger partial charge on any atom is 0.0252 e. The van der Waals surface area contributed by atoms with Crippen LogP contribution in [0.5, 0.6) is 0 Å². The van der Waals surface area contributed by atoms with Crippen LogP contribution in [0.15, 0.2) is 97.1 Å². The van der Waals surface area contributed by atoms with Gasteiger partial charge >= 0.3 is 0 Å². The van der Waals surface area contributed by atoms with Gasteiger partial charge in [0.2, 0.25) is 0 Å². The summed E-state index contributed by atoms with van der Waals surface area (Å²) >= 11 is 0. The van der Waals surface area contributed by atoms with Crippen molar-refractivity contribution >= 4 is 0 Å². The Bertz CT molecular complexity index is 1340. The van der Waals surface area contributed by atoms with Crippen LogP contribution in [-0.4, -0.2) is 0 Å².